The zero-order valence-electron chi connectivity index (χ0n) is 6.29. The molecule has 72 valence electrons. The predicted octanol–water partition coefficient (Wildman–Crippen LogP) is -3.22. The summed E-state index contributed by atoms with van der Waals surface area (Å²) in [5.74, 6) is 0. The molecule has 0 radical (unpaired) electrons. The zero-order valence-corrected chi connectivity index (χ0v) is 6.29. The van der Waals surface area contributed by atoms with Crippen molar-refractivity contribution in [1.29, 1.82) is 0 Å². The summed E-state index contributed by atoms with van der Waals surface area (Å²) in [6, 6.07) is 0. The van der Waals surface area contributed by atoms with Crippen molar-refractivity contribution in [3.8, 4) is 0 Å². The van der Waals surface area contributed by atoms with Gasteiger partial charge in [-0.2, -0.15) is 0 Å². The Morgan fingerprint density at radius 2 is 1.83 bits per heavy atom. The van der Waals surface area contributed by atoms with Gasteiger partial charge in [0.25, 0.3) is 0 Å². The largest absolute Gasteiger partial charge is 0.394 e. The molecule has 5 N–H and O–H groups in total. The fourth-order valence-corrected chi connectivity index (χ4v) is 1.14. The van der Waals surface area contributed by atoms with Crippen molar-refractivity contribution in [2.75, 3.05) is 13.2 Å². The van der Waals surface area contributed by atoms with Crippen LogP contribution in [-0.2, 0) is 4.74 Å². The maximum absolute atomic E-state index is 9.35. The minimum Gasteiger partial charge on any atom is -0.394 e. The molecule has 0 amide bonds. The number of aliphatic hydroxyl groups is 5. The topological polar surface area (TPSA) is 110 Å². The molecule has 0 aromatic carbocycles. The first-order chi connectivity index (χ1) is 5.56. The first-order valence-electron chi connectivity index (χ1n) is 3.52. The predicted molar refractivity (Wildman–Crippen MR) is 36.0 cm³/mol. The van der Waals surface area contributed by atoms with E-state index >= 15 is 0 Å². The summed E-state index contributed by atoms with van der Waals surface area (Å²) >= 11 is 0. The molecule has 6 nitrogen and oxygen atoms in total. The van der Waals surface area contributed by atoms with Crippen molar-refractivity contribution >= 4 is 0 Å². The highest BCUT2D eigenvalue weighted by Crippen LogP contribution is 2.28. The molecule has 0 aliphatic carbocycles. The van der Waals surface area contributed by atoms with Gasteiger partial charge in [0.1, 0.15) is 12.2 Å². The van der Waals surface area contributed by atoms with Crippen LogP contribution in [0.15, 0.2) is 0 Å². The molecule has 1 aliphatic heterocycles. The quantitative estimate of drug-likeness (QED) is 0.306. The van der Waals surface area contributed by atoms with E-state index in [0.717, 1.165) is 0 Å². The van der Waals surface area contributed by atoms with Gasteiger partial charge >= 0.3 is 0 Å². The van der Waals surface area contributed by atoms with Gasteiger partial charge in [-0.15, -0.1) is 0 Å². The zero-order chi connectivity index (χ0) is 9.35. The SMILES string of the molecule is OC[C@H]1O[C@H](O)[C@@](O)(CO)[C@@H]1O. The molecule has 1 heterocycles. The van der Waals surface area contributed by atoms with Crippen molar-refractivity contribution < 1.29 is 30.3 Å². The molecule has 0 saturated carbocycles. The second kappa shape index (κ2) is 3.25. The summed E-state index contributed by atoms with van der Waals surface area (Å²) in [6.07, 6.45) is -4.21. The monoisotopic (exact) mass is 180 g/mol. The molecule has 1 fully saturated rings. The van der Waals surface area contributed by atoms with Crippen molar-refractivity contribution in [3.05, 3.63) is 0 Å². The molecule has 0 bridgehead atoms. The third-order valence-electron chi connectivity index (χ3n) is 2.03. The van der Waals surface area contributed by atoms with E-state index in [-0.39, 0.29) is 0 Å². The van der Waals surface area contributed by atoms with Crippen LogP contribution in [0, 0.1) is 0 Å². The number of hydrogen-bond donors (Lipinski definition) is 5. The van der Waals surface area contributed by atoms with Crippen molar-refractivity contribution in [2.24, 2.45) is 0 Å². The van der Waals surface area contributed by atoms with Gasteiger partial charge in [0.2, 0.25) is 0 Å². The fraction of sp³-hybridized carbons (Fsp3) is 1.00. The molecule has 0 aromatic rings. The summed E-state index contributed by atoms with van der Waals surface area (Å²) in [6.45, 7) is -1.35. The summed E-state index contributed by atoms with van der Waals surface area (Å²) in [5, 5.41) is 44.8. The normalized spacial score (nSPS) is 48.2. The van der Waals surface area contributed by atoms with E-state index in [9.17, 15) is 10.2 Å². The Labute approximate surface area is 68.6 Å². The van der Waals surface area contributed by atoms with Gasteiger partial charge in [-0.25, -0.2) is 0 Å². The molecule has 1 saturated heterocycles. The van der Waals surface area contributed by atoms with Gasteiger partial charge in [-0.3, -0.25) is 0 Å². The summed E-state index contributed by atoms with van der Waals surface area (Å²) in [7, 11) is 0. The Morgan fingerprint density at radius 3 is 2.08 bits per heavy atom. The first kappa shape index (κ1) is 9.85. The second-order valence-electron chi connectivity index (χ2n) is 2.80. The van der Waals surface area contributed by atoms with E-state index in [0.29, 0.717) is 0 Å². The van der Waals surface area contributed by atoms with Crippen LogP contribution in [0.5, 0.6) is 0 Å². The average Bonchev–Trinajstić information content (AvgIpc) is 2.30. The Balaban J connectivity index is 2.76. The Morgan fingerprint density at radius 1 is 1.25 bits per heavy atom. The van der Waals surface area contributed by atoms with Gasteiger partial charge in [-0.1, -0.05) is 0 Å². The summed E-state index contributed by atoms with van der Waals surface area (Å²) in [5.41, 5.74) is -2.09. The van der Waals surface area contributed by atoms with Crippen LogP contribution in [0.3, 0.4) is 0 Å². The molecule has 1 aliphatic rings. The fourth-order valence-electron chi connectivity index (χ4n) is 1.14. The molecular formula is C6H12O6. The van der Waals surface area contributed by atoms with Crippen LogP contribution in [-0.4, -0.2) is 62.8 Å². The van der Waals surface area contributed by atoms with Crippen LogP contribution in [0.25, 0.3) is 0 Å². The van der Waals surface area contributed by atoms with Crippen molar-refractivity contribution in [2.45, 2.75) is 24.1 Å². The van der Waals surface area contributed by atoms with Crippen LogP contribution in [0.1, 0.15) is 0 Å². The lowest BCUT2D eigenvalue weighted by molar-refractivity contribution is -0.191. The summed E-state index contributed by atoms with van der Waals surface area (Å²) in [4.78, 5) is 0. The molecule has 6 heteroatoms. The Hall–Kier alpha value is -0.240. The number of ether oxygens (including phenoxy) is 1. The van der Waals surface area contributed by atoms with Crippen molar-refractivity contribution in [1.82, 2.24) is 0 Å². The Bertz CT molecular complexity index is 162. The molecule has 4 atom stereocenters. The van der Waals surface area contributed by atoms with Crippen LogP contribution in [0.4, 0.5) is 0 Å². The lowest BCUT2D eigenvalue weighted by Crippen LogP contribution is -2.51. The number of hydrogen-bond acceptors (Lipinski definition) is 6. The lowest BCUT2D eigenvalue weighted by Gasteiger charge is -2.25. The molecule has 0 aromatic heterocycles. The second-order valence-corrected chi connectivity index (χ2v) is 2.80. The Kier molecular flexibility index (Phi) is 2.67. The average molecular weight is 180 g/mol. The van der Waals surface area contributed by atoms with Crippen molar-refractivity contribution in [3.63, 3.8) is 0 Å². The van der Waals surface area contributed by atoms with E-state index in [2.05, 4.69) is 4.74 Å². The van der Waals surface area contributed by atoms with E-state index in [4.69, 9.17) is 15.3 Å². The molecule has 12 heavy (non-hydrogen) atoms. The van der Waals surface area contributed by atoms with Gasteiger partial charge in [-0.05, 0) is 0 Å². The maximum Gasteiger partial charge on any atom is 0.189 e. The van der Waals surface area contributed by atoms with Crippen LogP contribution < -0.4 is 0 Å². The van der Waals surface area contributed by atoms with E-state index < -0.39 is 37.3 Å². The van der Waals surface area contributed by atoms with Crippen LogP contribution >= 0.6 is 0 Å². The number of aliphatic hydroxyl groups excluding tert-OH is 4. The minimum atomic E-state index is -2.09. The molecule has 0 spiro atoms. The number of rotatable bonds is 2. The minimum absolute atomic E-state index is 0.527. The molecular weight excluding hydrogens is 168 g/mol. The van der Waals surface area contributed by atoms with E-state index in [1.54, 1.807) is 0 Å². The highest BCUT2D eigenvalue weighted by atomic mass is 16.7. The van der Waals surface area contributed by atoms with Gasteiger partial charge < -0.3 is 30.3 Å². The van der Waals surface area contributed by atoms with Crippen LogP contribution in [0.2, 0.25) is 0 Å². The van der Waals surface area contributed by atoms with E-state index in [1.165, 1.54) is 0 Å². The van der Waals surface area contributed by atoms with Gasteiger partial charge in [0.05, 0.1) is 13.2 Å². The molecule has 1 rings (SSSR count). The third kappa shape index (κ3) is 1.22. The lowest BCUT2D eigenvalue weighted by atomic mass is 9.97. The first-order valence-corrected chi connectivity index (χ1v) is 3.52. The van der Waals surface area contributed by atoms with E-state index in [1.807, 2.05) is 0 Å². The van der Waals surface area contributed by atoms with Gasteiger partial charge in [0.15, 0.2) is 11.9 Å². The van der Waals surface area contributed by atoms with Gasteiger partial charge in [0, 0.05) is 0 Å². The third-order valence-corrected chi connectivity index (χ3v) is 2.03. The highest BCUT2D eigenvalue weighted by molar-refractivity contribution is 4.98. The maximum atomic E-state index is 9.35. The summed E-state index contributed by atoms with van der Waals surface area (Å²) < 4.78 is 4.57. The standard InChI is InChI=1S/C6H12O6/c7-1-3-4(9)6(11,2-8)5(10)12-3/h3-5,7-11H,1-2H2/t3-,4-,5+,6-/m1/s1. The molecule has 0 unspecified atom stereocenters. The highest BCUT2D eigenvalue weighted by Gasteiger charge is 2.54. The smallest absolute Gasteiger partial charge is 0.189 e.